The van der Waals surface area contributed by atoms with Crippen LogP contribution in [0.3, 0.4) is 0 Å². The Balaban J connectivity index is 2.17. The van der Waals surface area contributed by atoms with Gasteiger partial charge < -0.3 is 5.32 Å². The van der Waals surface area contributed by atoms with Crippen molar-refractivity contribution < 1.29 is 0 Å². The molecule has 0 radical (unpaired) electrons. The van der Waals surface area contributed by atoms with Crippen LogP contribution in [0, 0.1) is 5.92 Å². The maximum atomic E-state index is 3.72. The van der Waals surface area contributed by atoms with Gasteiger partial charge in [-0.2, -0.15) is 0 Å². The lowest BCUT2D eigenvalue weighted by molar-refractivity contribution is 0.210. The predicted octanol–water partition coefficient (Wildman–Crippen LogP) is 1.93. The number of hydrogen-bond donors (Lipinski definition) is 1. The molecule has 2 aliphatic rings. The van der Waals surface area contributed by atoms with E-state index >= 15 is 0 Å². The van der Waals surface area contributed by atoms with Gasteiger partial charge in [0.2, 0.25) is 0 Å². The monoisotopic (exact) mass is 139 g/mol. The summed E-state index contributed by atoms with van der Waals surface area (Å²) in [4.78, 5) is 0. The van der Waals surface area contributed by atoms with Crippen molar-refractivity contribution in [1.29, 1.82) is 0 Å². The second-order valence-corrected chi connectivity index (χ2v) is 4.28. The third-order valence-electron chi connectivity index (χ3n) is 3.58. The number of fused-ring (bicyclic) bond motifs is 2. The molecule has 0 aromatic carbocycles. The minimum atomic E-state index is 0.503. The molecule has 0 aromatic heterocycles. The molecule has 10 heavy (non-hydrogen) atoms. The first-order valence-corrected chi connectivity index (χ1v) is 4.48. The molecule has 0 saturated carbocycles. The third kappa shape index (κ3) is 0.800. The van der Waals surface area contributed by atoms with Crippen molar-refractivity contribution >= 4 is 0 Å². The van der Waals surface area contributed by atoms with E-state index in [0.29, 0.717) is 5.54 Å². The van der Waals surface area contributed by atoms with Gasteiger partial charge in [0.05, 0.1) is 0 Å². The van der Waals surface area contributed by atoms with Gasteiger partial charge in [0.1, 0.15) is 0 Å². The van der Waals surface area contributed by atoms with Gasteiger partial charge in [-0.1, -0.05) is 6.92 Å². The zero-order chi connectivity index (χ0) is 7.19. The van der Waals surface area contributed by atoms with E-state index < -0.39 is 0 Å². The Morgan fingerprint density at radius 3 is 2.80 bits per heavy atom. The minimum absolute atomic E-state index is 0.503. The first-order chi connectivity index (χ1) is 4.71. The lowest BCUT2D eigenvalue weighted by Gasteiger charge is -2.37. The average Bonchev–Trinajstić information content (AvgIpc) is 2.22. The van der Waals surface area contributed by atoms with Crippen LogP contribution in [-0.4, -0.2) is 11.6 Å². The van der Waals surface area contributed by atoms with Gasteiger partial charge in [-0.05, 0) is 38.5 Å². The van der Waals surface area contributed by atoms with Crippen LogP contribution in [0.25, 0.3) is 0 Å². The Bertz CT molecular complexity index is 142. The topological polar surface area (TPSA) is 12.0 Å². The van der Waals surface area contributed by atoms with E-state index in [4.69, 9.17) is 0 Å². The fraction of sp³-hybridized carbons (Fsp3) is 1.00. The Kier molecular flexibility index (Phi) is 1.31. The molecule has 2 fully saturated rings. The van der Waals surface area contributed by atoms with Crippen LogP contribution >= 0.6 is 0 Å². The molecule has 2 heterocycles. The predicted molar refractivity (Wildman–Crippen MR) is 43.0 cm³/mol. The summed E-state index contributed by atoms with van der Waals surface area (Å²) in [6, 6.07) is 0.862. The second-order valence-electron chi connectivity index (χ2n) is 4.28. The van der Waals surface area contributed by atoms with E-state index in [2.05, 4.69) is 19.2 Å². The summed E-state index contributed by atoms with van der Waals surface area (Å²) in [7, 11) is 0. The van der Waals surface area contributed by atoms with Crippen molar-refractivity contribution in [1.82, 2.24) is 5.32 Å². The van der Waals surface area contributed by atoms with Crippen LogP contribution in [0.1, 0.15) is 39.5 Å². The Labute approximate surface area is 63.2 Å². The smallest absolute Gasteiger partial charge is 0.0182 e. The highest BCUT2D eigenvalue weighted by Gasteiger charge is 2.41. The first kappa shape index (κ1) is 6.66. The summed E-state index contributed by atoms with van der Waals surface area (Å²) in [5, 5.41) is 3.72. The highest BCUT2D eigenvalue weighted by atomic mass is 15.1. The molecule has 0 aliphatic carbocycles. The van der Waals surface area contributed by atoms with Crippen LogP contribution in [0.2, 0.25) is 0 Å². The molecule has 0 amide bonds. The molecular weight excluding hydrogens is 122 g/mol. The van der Waals surface area contributed by atoms with Crippen LogP contribution in [0.5, 0.6) is 0 Å². The molecule has 2 aliphatic heterocycles. The Morgan fingerprint density at radius 1 is 1.30 bits per heavy atom. The molecular formula is C9H17N. The molecule has 3 atom stereocenters. The zero-order valence-corrected chi connectivity index (χ0v) is 6.98. The van der Waals surface area contributed by atoms with Crippen molar-refractivity contribution in [2.75, 3.05) is 0 Å². The van der Waals surface area contributed by atoms with E-state index in [-0.39, 0.29) is 0 Å². The molecule has 58 valence electrons. The quantitative estimate of drug-likeness (QED) is 0.540. The maximum Gasteiger partial charge on any atom is 0.0182 e. The lowest BCUT2D eigenvalue weighted by Crippen LogP contribution is -2.49. The number of rotatable bonds is 0. The average molecular weight is 139 g/mol. The lowest BCUT2D eigenvalue weighted by atomic mass is 9.82. The maximum absolute atomic E-state index is 3.72. The van der Waals surface area contributed by atoms with Gasteiger partial charge in [0.25, 0.3) is 0 Å². The summed E-state index contributed by atoms with van der Waals surface area (Å²) in [5.74, 6) is 0.895. The molecule has 2 rings (SSSR count). The summed E-state index contributed by atoms with van der Waals surface area (Å²) < 4.78 is 0. The van der Waals surface area contributed by atoms with Crippen molar-refractivity contribution in [3.05, 3.63) is 0 Å². The number of hydrogen-bond acceptors (Lipinski definition) is 1. The molecule has 2 bridgehead atoms. The largest absolute Gasteiger partial charge is 0.309 e. The summed E-state index contributed by atoms with van der Waals surface area (Å²) in [6.45, 7) is 4.77. The van der Waals surface area contributed by atoms with Crippen molar-refractivity contribution in [2.45, 2.75) is 51.1 Å². The fourth-order valence-electron chi connectivity index (χ4n) is 2.46. The summed E-state index contributed by atoms with van der Waals surface area (Å²) in [5.41, 5.74) is 0.503. The Hall–Kier alpha value is -0.0400. The van der Waals surface area contributed by atoms with Crippen LogP contribution in [0.4, 0.5) is 0 Å². The van der Waals surface area contributed by atoms with Crippen molar-refractivity contribution in [2.24, 2.45) is 5.92 Å². The fourth-order valence-corrected chi connectivity index (χ4v) is 2.46. The van der Waals surface area contributed by atoms with Gasteiger partial charge in [-0.15, -0.1) is 0 Å². The number of piperidine rings is 1. The molecule has 3 unspecified atom stereocenters. The third-order valence-corrected chi connectivity index (χ3v) is 3.58. The van der Waals surface area contributed by atoms with E-state index in [0.717, 1.165) is 12.0 Å². The number of nitrogens with one attached hydrogen (secondary N) is 1. The SMILES string of the molecule is CC1CCC2CCC1(C)N2. The van der Waals surface area contributed by atoms with Crippen LogP contribution in [-0.2, 0) is 0 Å². The van der Waals surface area contributed by atoms with Gasteiger partial charge >= 0.3 is 0 Å². The van der Waals surface area contributed by atoms with Gasteiger partial charge in [-0.3, -0.25) is 0 Å². The van der Waals surface area contributed by atoms with Gasteiger partial charge in [0.15, 0.2) is 0 Å². The van der Waals surface area contributed by atoms with Crippen LogP contribution < -0.4 is 5.32 Å². The molecule has 1 nitrogen and oxygen atoms in total. The molecule has 0 spiro atoms. The first-order valence-electron chi connectivity index (χ1n) is 4.48. The highest BCUT2D eigenvalue weighted by Crippen LogP contribution is 2.38. The highest BCUT2D eigenvalue weighted by molar-refractivity contribution is 5.01. The van der Waals surface area contributed by atoms with Crippen molar-refractivity contribution in [3.8, 4) is 0 Å². The summed E-state index contributed by atoms with van der Waals surface area (Å²) >= 11 is 0. The molecule has 1 N–H and O–H groups in total. The molecule has 0 aromatic rings. The van der Waals surface area contributed by atoms with E-state index in [1.54, 1.807) is 0 Å². The zero-order valence-electron chi connectivity index (χ0n) is 6.98. The molecule has 2 saturated heterocycles. The minimum Gasteiger partial charge on any atom is -0.309 e. The van der Waals surface area contributed by atoms with E-state index in [1.165, 1.54) is 25.7 Å². The summed E-state index contributed by atoms with van der Waals surface area (Å²) in [6.07, 6.45) is 5.67. The normalized spacial score (nSPS) is 53.4. The standard InChI is InChI=1S/C9H17N/c1-7-3-4-8-5-6-9(7,2)10-8/h7-8,10H,3-6H2,1-2H3. The van der Waals surface area contributed by atoms with E-state index in [9.17, 15) is 0 Å². The van der Waals surface area contributed by atoms with E-state index in [1.807, 2.05) is 0 Å². The second kappa shape index (κ2) is 1.97. The Morgan fingerprint density at radius 2 is 2.10 bits per heavy atom. The van der Waals surface area contributed by atoms with Crippen LogP contribution in [0.15, 0.2) is 0 Å². The van der Waals surface area contributed by atoms with Gasteiger partial charge in [0, 0.05) is 11.6 Å². The van der Waals surface area contributed by atoms with Gasteiger partial charge in [-0.25, -0.2) is 0 Å². The van der Waals surface area contributed by atoms with Crippen molar-refractivity contribution in [3.63, 3.8) is 0 Å². The molecule has 1 heteroatoms.